The van der Waals surface area contributed by atoms with Crippen LogP contribution in [0.2, 0.25) is 0 Å². The van der Waals surface area contributed by atoms with Gasteiger partial charge in [0, 0.05) is 12.6 Å². The third-order valence-electron chi connectivity index (χ3n) is 3.43. The van der Waals surface area contributed by atoms with E-state index < -0.39 is 6.43 Å². The molecule has 2 aromatic rings. The van der Waals surface area contributed by atoms with E-state index in [1.165, 1.54) is 23.1 Å². The molecular weight excluding hydrogens is 292 g/mol. The third kappa shape index (κ3) is 3.66. The zero-order valence-corrected chi connectivity index (χ0v) is 12.6. The Hall–Kier alpha value is -2.31. The van der Waals surface area contributed by atoms with Gasteiger partial charge in [-0.05, 0) is 25.5 Å². The maximum Gasteiger partial charge on any atom is 0.263 e. The largest absolute Gasteiger partial charge is 0.337 e. The van der Waals surface area contributed by atoms with E-state index in [2.05, 4.69) is 10.1 Å². The van der Waals surface area contributed by atoms with Crippen molar-refractivity contribution in [2.24, 2.45) is 0 Å². The standard InChI is InChI=1S/C15H17F2N3O2/c1-9(15-18-10(2)19-22-15)20(3)13(21)8-11-5-4-6-12(7-11)14(16)17/h4-7,9,14H,8H2,1-3H3. The molecule has 0 fully saturated rings. The molecule has 7 heteroatoms. The van der Waals surface area contributed by atoms with Crippen molar-refractivity contribution in [3.63, 3.8) is 0 Å². The van der Waals surface area contributed by atoms with Crippen molar-refractivity contribution < 1.29 is 18.1 Å². The van der Waals surface area contributed by atoms with Gasteiger partial charge in [0.25, 0.3) is 6.43 Å². The SMILES string of the molecule is Cc1noc(C(C)N(C)C(=O)Cc2cccc(C(F)F)c2)n1. The number of alkyl halides is 2. The number of halogens is 2. The van der Waals surface area contributed by atoms with Crippen molar-refractivity contribution in [2.45, 2.75) is 32.7 Å². The van der Waals surface area contributed by atoms with Gasteiger partial charge in [-0.1, -0.05) is 23.4 Å². The van der Waals surface area contributed by atoms with E-state index in [9.17, 15) is 13.6 Å². The van der Waals surface area contributed by atoms with E-state index in [1.807, 2.05) is 0 Å². The molecular formula is C15H17F2N3O2. The van der Waals surface area contributed by atoms with Crippen LogP contribution < -0.4 is 0 Å². The fraction of sp³-hybridized carbons (Fsp3) is 0.400. The Balaban J connectivity index is 2.06. The van der Waals surface area contributed by atoms with Gasteiger partial charge in [-0.3, -0.25) is 4.79 Å². The van der Waals surface area contributed by atoms with Gasteiger partial charge in [0.15, 0.2) is 5.82 Å². The zero-order valence-electron chi connectivity index (χ0n) is 12.6. The normalized spacial score (nSPS) is 12.5. The first-order valence-electron chi connectivity index (χ1n) is 6.81. The van der Waals surface area contributed by atoms with Crippen LogP contribution in [-0.4, -0.2) is 28.0 Å². The van der Waals surface area contributed by atoms with Crippen LogP contribution in [0.15, 0.2) is 28.8 Å². The number of aryl methyl sites for hydroxylation is 1. The minimum absolute atomic E-state index is 0.0362. The number of carbonyl (C=O) groups is 1. The molecule has 0 spiro atoms. The highest BCUT2D eigenvalue weighted by Crippen LogP contribution is 2.21. The summed E-state index contributed by atoms with van der Waals surface area (Å²) in [6.07, 6.45) is -2.51. The number of nitrogens with zero attached hydrogens (tertiary/aromatic N) is 3. The number of amides is 1. The second-order valence-electron chi connectivity index (χ2n) is 5.08. The lowest BCUT2D eigenvalue weighted by molar-refractivity contribution is -0.131. The first-order chi connectivity index (χ1) is 10.4. The number of hydrogen-bond donors (Lipinski definition) is 0. The average molecular weight is 309 g/mol. The fourth-order valence-electron chi connectivity index (χ4n) is 2.00. The summed E-state index contributed by atoms with van der Waals surface area (Å²) in [6.45, 7) is 3.46. The van der Waals surface area contributed by atoms with E-state index >= 15 is 0 Å². The maximum atomic E-state index is 12.7. The molecule has 0 aliphatic carbocycles. The first-order valence-corrected chi connectivity index (χ1v) is 6.81. The van der Waals surface area contributed by atoms with Crippen LogP contribution in [0.5, 0.6) is 0 Å². The lowest BCUT2D eigenvalue weighted by atomic mass is 10.1. The van der Waals surface area contributed by atoms with Gasteiger partial charge in [-0.15, -0.1) is 0 Å². The lowest BCUT2D eigenvalue weighted by Gasteiger charge is -2.22. The Labute approximate surface area is 126 Å². The molecule has 0 aliphatic rings. The van der Waals surface area contributed by atoms with E-state index in [4.69, 9.17) is 4.52 Å². The molecule has 0 bridgehead atoms. The Kier molecular flexibility index (Phi) is 4.85. The van der Waals surface area contributed by atoms with E-state index in [1.54, 1.807) is 27.0 Å². The number of aromatic nitrogens is 2. The van der Waals surface area contributed by atoms with Gasteiger partial charge >= 0.3 is 0 Å². The molecule has 0 N–H and O–H groups in total. The highest BCUT2D eigenvalue weighted by atomic mass is 19.3. The van der Waals surface area contributed by atoms with E-state index in [0.29, 0.717) is 17.3 Å². The fourth-order valence-corrected chi connectivity index (χ4v) is 2.00. The van der Waals surface area contributed by atoms with Crippen LogP contribution in [0, 0.1) is 6.92 Å². The number of rotatable bonds is 5. The topological polar surface area (TPSA) is 59.2 Å². The Morgan fingerprint density at radius 3 is 2.73 bits per heavy atom. The number of benzene rings is 1. The molecule has 1 atom stereocenters. The minimum atomic E-state index is -2.55. The van der Waals surface area contributed by atoms with E-state index in [0.717, 1.165) is 0 Å². The Morgan fingerprint density at radius 2 is 2.14 bits per heavy atom. The number of hydrogen-bond acceptors (Lipinski definition) is 4. The third-order valence-corrected chi connectivity index (χ3v) is 3.43. The van der Waals surface area contributed by atoms with Crippen molar-refractivity contribution in [2.75, 3.05) is 7.05 Å². The van der Waals surface area contributed by atoms with Crippen molar-refractivity contribution in [3.8, 4) is 0 Å². The molecule has 1 amide bonds. The summed E-state index contributed by atoms with van der Waals surface area (Å²) in [6, 6.07) is 5.48. The number of likely N-dealkylation sites (N-methyl/N-ethyl adjacent to an activating group) is 1. The smallest absolute Gasteiger partial charge is 0.263 e. The molecule has 1 heterocycles. The predicted molar refractivity (Wildman–Crippen MR) is 75.3 cm³/mol. The maximum absolute atomic E-state index is 12.7. The average Bonchev–Trinajstić information content (AvgIpc) is 2.92. The summed E-state index contributed by atoms with van der Waals surface area (Å²) in [4.78, 5) is 17.8. The quantitative estimate of drug-likeness (QED) is 0.851. The van der Waals surface area contributed by atoms with Gasteiger partial charge in [-0.2, -0.15) is 4.98 Å². The van der Waals surface area contributed by atoms with Crippen molar-refractivity contribution in [1.29, 1.82) is 0 Å². The highest BCUT2D eigenvalue weighted by molar-refractivity contribution is 5.78. The predicted octanol–water partition coefficient (Wildman–Crippen LogP) is 3.08. The van der Waals surface area contributed by atoms with Gasteiger partial charge in [-0.25, -0.2) is 8.78 Å². The molecule has 5 nitrogen and oxygen atoms in total. The lowest BCUT2D eigenvalue weighted by Crippen LogP contribution is -2.31. The molecule has 1 unspecified atom stereocenters. The van der Waals surface area contributed by atoms with Gasteiger partial charge in [0.05, 0.1) is 6.42 Å². The van der Waals surface area contributed by atoms with Crippen LogP contribution in [-0.2, 0) is 11.2 Å². The monoisotopic (exact) mass is 309 g/mol. The molecule has 0 aliphatic heterocycles. The van der Waals surface area contributed by atoms with Crippen molar-refractivity contribution >= 4 is 5.91 Å². The first kappa shape index (κ1) is 16.1. The van der Waals surface area contributed by atoms with Gasteiger partial charge in [0.2, 0.25) is 11.8 Å². The molecule has 0 radical (unpaired) electrons. The summed E-state index contributed by atoms with van der Waals surface area (Å²) < 4.78 is 30.4. The number of carbonyl (C=O) groups excluding carboxylic acids is 1. The molecule has 2 rings (SSSR count). The van der Waals surface area contributed by atoms with E-state index in [-0.39, 0.29) is 23.9 Å². The Morgan fingerprint density at radius 1 is 1.41 bits per heavy atom. The summed E-state index contributed by atoms with van der Waals surface area (Å²) in [5, 5.41) is 3.69. The highest BCUT2D eigenvalue weighted by Gasteiger charge is 2.22. The Bertz CT molecular complexity index is 658. The molecule has 1 aromatic heterocycles. The zero-order chi connectivity index (χ0) is 16.3. The van der Waals surface area contributed by atoms with Crippen LogP contribution in [0.25, 0.3) is 0 Å². The summed E-state index contributed by atoms with van der Waals surface area (Å²) in [7, 11) is 1.61. The summed E-state index contributed by atoms with van der Waals surface area (Å²) in [5.74, 6) is 0.622. The van der Waals surface area contributed by atoms with Crippen molar-refractivity contribution in [1.82, 2.24) is 15.0 Å². The van der Waals surface area contributed by atoms with Crippen LogP contribution >= 0.6 is 0 Å². The van der Waals surface area contributed by atoms with Crippen LogP contribution in [0.4, 0.5) is 8.78 Å². The molecule has 1 aromatic carbocycles. The molecule has 0 saturated heterocycles. The van der Waals surface area contributed by atoms with Crippen LogP contribution in [0.1, 0.15) is 42.2 Å². The van der Waals surface area contributed by atoms with Crippen molar-refractivity contribution in [3.05, 3.63) is 47.1 Å². The second kappa shape index (κ2) is 6.64. The molecule has 22 heavy (non-hydrogen) atoms. The van der Waals surface area contributed by atoms with Crippen LogP contribution in [0.3, 0.4) is 0 Å². The van der Waals surface area contributed by atoms with Gasteiger partial charge < -0.3 is 9.42 Å². The molecule has 0 saturated carbocycles. The minimum Gasteiger partial charge on any atom is -0.337 e. The second-order valence-corrected chi connectivity index (χ2v) is 5.08. The summed E-state index contributed by atoms with van der Waals surface area (Å²) >= 11 is 0. The summed E-state index contributed by atoms with van der Waals surface area (Å²) in [5.41, 5.74) is 0.456. The molecule has 118 valence electrons. The van der Waals surface area contributed by atoms with Gasteiger partial charge in [0.1, 0.15) is 6.04 Å².